The van der Waals surface area contributed by atoms with Crippen molar-refractivity contribution in [3.63, 3.8) is 0 Å². The fraction of sp³-hybridized carbons (Fsp3) is 0.267. The summed E-state index contributed by atoms with van der Waals surface area (Å²) < 4.78 is 6.45. The number of nitrogens with one attached hydrogen (secondary N) is 4. The second kappa shape index (κ2) is 13.5. The van der Waals surface area contributed by atoms with Gasteiger partial charge in [0, 0.05) is 21.3 Å². The summed E-state index contributed by atoms with van der Waals surface area (Å²) in [5, 5.41) is 5.27. The topological polar surface area (TPSA) is 109 Å². The van der Waals surface area contributed by atoms with Gasteiger partial charge in [-0.1, -0.05) is 62.7 Å². The molecule has 4 N–H and O–H groups in total. The molecule has 0 aliphatic heterocycles. The van der Waals surface area contributed by atoms with E-state index in [1.54, 1.807) is 54.6 Å². The van der Waals surface area contributed by atoms with E-state index < -0.39 is 11.8 Å². The third kappa shape index (κ3) is 8.89. The van der Waals surface area contributed by atoms with Crippen molar-refractivity contribution in [1.29, 1.82) is 0 Å². The molecule has 3 rings (SSSR count). The summed E-state index contributed by atoms with van der Waals surface area (Å²) in [6.07, 6.45) is 0. The number of halogens is 1. The molecule has 0 aliphatic carbocycles. The molecule has 210 valence electrons. The number of hydrazine groups is 1. The van der Waals surface area contributed by atoms with E-state index in [2.05, 4.69) is 58.2 Å². The van der Waals surface area contributed by atoms with Crippen LogP contribution in [0.5, 0.6) is 5.75 Å². The van der Waals surface area contributed by atoms with Gasteiger partial charge in [0.2, 0.25) is 0 Å². The fourth-order valence-corrected chi connectivity index (χ4v) is 3.98. The number of ether oxygens (including phenoxy) is 1. The maximum Gasteiger partial charge on any atom is 0.269 e. The summed E-state index contributed by atoms with van der Waals surface area (Å²) in [6, 6.07) is 19.0. The summed E-state index contributed by atoms with van der Waals surface area (Å²) >= 11 is 8.53. The van der Waals surface area contributed by atoms with Crippen molar-refractivity contribution in [2.24, 2.45) is 5.92 Å². The maximum absolute atomic E-state index is 12.8. The molecule has 0 spiro atoms. The minimum atomic E-state index is -0.486. The Morgan fingerprint density at radius 2 is 1.45 bits per heavy atom. The fourth-order valence-electron chi connectivity index (χ4n) is 3.48. The molecule has 0 radical (unpaired) electrons. The molecule has 10 heteroatoms. The standard InChI is InChI=1S/C30H33BrN4O4S/c1-18(2)17-39-25-15-12-22(31)16-24(25)28(38)33-29(40)35-34-27(37)20-8-13-23(14-9-20)32-26(36)19-6-10-21(11-7-19)30(3,4)5/h6-16,18H,17H2,1-5H3,(H,32,36)(H,34,37)(H2,33,35,38,40). The highest BCUT2D eigenvalue weighted by Gasteiger charge is 2.17. The minimum Gasteiger partial charge on any atom is -0.492 e. The van der Waals surface area contributed by atoms with E-state index in [0.29, 0.717) is 39.2 Å². The molecule has 0 saturated heterocycles. The Hall–Kier alpha value is -3.76. The summed E-state index contributed by atoms with van der Waals surface area (Å²) in [6.45, 7) is 10.8. The summed E-state index contributed by atoms with van der Waals surface area (Å²) in [4.78, 5) is 38.0. The number of carbonyl (C=O) groups is 3. The lowest BCUT2D eigenvalue weighted by Crippen LogP contribution is -2.48. The first-order valence-electron chi connectivity index (χ1n) is 12.7. The van der Waals surface area contributed by atoms with Gasteiger partial charge in [-0.2, -0.15) is 0 Å². The average molecular weight is 626 g/mol. The van der Waals surface area contributed by atoms with Crippen LogP contribution < -0.4 is 26.2 Å². The van der Waals surface area contributed by atoms with Crippen LogP contribution in [0.2, 0.25) is 0 Å². The normalized spacial score (nSPS) is 11.0. The van der Waals surface area contributed by atoms with Crippen LogP contribution >= 0.6 is 28.1 Å². The molecule has 3 amide bonds. The van der Waals surface area contributed by atoms with E-state index in [1.165, 1.54) is 0 Å². The van der Waals surface area contributed by atoms with E-state index in [-0.39, 0.29) is 22.4 Å². The molecule has 3 aromatic carbocycles. The third-order valence-electron chi connectivity index (χ3n) is 5.69. The van der Waals surface area contributed by atoms with Crippen molar-refractivity contribution in [3.8, 4) is 5.75 Å². The van der Waals surface area contributed by atoms with Crippen LogP contribution in [-0.4, -0.2) is 29.4 Å². The summed E-state index contributed by atoms with van der Waals surface area (Å²) in [7, 11) is 0. The molecular weight excluding hydrogens is 592 g/mol. The van der Waals surface area contributed by atoms with E-state index in [9.17, 15) is 14.4 Å². The van der Waals surface area contributed by atoms with Gasteiger partial charge in [0.15, 0.2) is 5.11 Å². The van der Waals surface area contributed by atoms with Gasteiger partial charge >= 0.3 is 0 Å². The Morgan fingerprint density at radius 3 is 2.05 bits per heavy atom. The Bertz CT molecular complexity index is 1380. The van der Waals surface area contributed by atoms with E-state index in [4.69, 9.17) is 17.0 Å². The number of anilines is 1. The van der Waals surface area contributed by atoms with Gasteiger partial charge in [0.25, 0.3) is 17.7 Å². The number of amides is 3. The van der Waals surface area contributed by atoms with Crippen molar-refractivity contribution in [2.75, 3.05) is 11.9 Å². The van der Waals surface area contributed by atoms with Crippen molar-refractivity contribution in [1.82, 2.24) is 16.2 Å². The Kier molecular flexibility index (Phi) is 10.4. The Labute approximate surface area is 248 Å². The third-order valence-corrected chi connectivity index (χ3v) is 6.39. The van der Waals surface area contributed by atoms with Crippen molar-refractivity contribution in [2.45, 2.75) is 40.0 Å². The first-order valence-corrected chi connectivity index (χ1v) is 13.9. The Balaban J connectivity index is 1.52. The van der Waals surface area contributed by atoms with Gasteiger partial charge in [-0.15, -0.1) is 0 Å². The number of hydrogen-bond donors (Lipinski definition) is 4. The lowest BCUT2D eigenvalue weighted by molar-refractivity contribution is 0.0933. The maximum atomic E-state index is 12.8. The first-order chi connectivity index (χ1) is 18.8. The predicted octanol–water partition coefficient (Wildman–Crippen LogP) is 5.98. The highest BCUT2D eigenvalue weighted by atomic mass is 79.9. The van der Waals surface area contributed by atoms with Gasteiger partial charge in [0.05, 0.1) is 12.2 Å². The zero-order chi connectivity index (χ0) is 29.4. The molecule has 0 fully saturated rings. The number of rotatable bonds is 7. The van der Waals surface area contributed by atoms with Crippen LogP contribution in [0.4, 0.5) is 5.69 Å². The van der Waals surface area contributed by atoms with Gasteiger partial charge in [-0.3, -0.25) is 30.6 Å². The van der Waals surface area contributed by atoms with E-state index >= 15 is 0 Å². The first kappa shape index (κ1) is 30.8. The second-order valence-corrected chi connectivity index (χ2v) is 11.9. The second-order valence-electron chi connectivity index (χ2n) is 10.6. The molecule has 40 heavy (non-hydrogen) atoms. The van der Waals surface area contributed by atoms with Crippen molar-refractivity contribution in [3.05, 3.63) is 93.5 Å². The van der Waals surface area contributed by atoms with Crippen LogP contribution in [0.25, 0.3) is 0 Å². The number of hydrogen-bond acceptors (Lipinski definition) is 5. The van der Waals surface area contributed by atoms with E-state index in [1.807, 2.05) is 26.0 Å². The van der Waals surface area contributed by atoms with Gasteiger partial charge in [-0.25, -0.2) is 0 Å². The molecule has 0 heterocycles. The molecule has 0 aromatic heterocycles. The zero-order valence-electron chi connectivity index (χ0n) is 23.1. The molecular formula is C30H33BrN4O4S. The van der Waals surface area contributed by atoms with Crippen molar-refractivity contribution >= 4 is 56.7 Å². The molecule has 3 aromatic rings. The van der Waals surface area contributed by atoms with E-state index in [0.717, 1.165) is 5.56 Å². The largest absolute Gasteiger partial charge is 0.492 e. The predicted molar refractivity (Wildman–Crippen MR) is 165 cm³/mol. The molecule has 0 saturated carbocycles. The lowest BCUT2D eigenvalue weighted by Gasteiger charge is -2.19. The van der Waals surface area contributed by atoms with Crippen LogP contribution in [0.1, 0.15) is 71.3 Å². The Morgan fingerprint density at radius 1 is 0.850 bits per heavy atom. The van der Waals surface area contributed by atoms with Gasteiger partial charge in [0.1, 0.15) is 5.75 Å². The molecule has 0 atom stereocenters. The average Bonchev–Trinajstić information content (AvgIpc) is 2.90. The highest BCUT2D eigenvalue weighted by Crippen LogP contribution is 2.24. The monoisotopic (exact) mass is 624 g/mol. The molecule has 0 bridgehead atoms. The number of carbonyl (C=O) groups excluding carboxylic acids is 3. The van der Waals surface area contributed by atoms with Crippen molar-refractivity contribution < 1.29 is 19.1 Å². The minimum absolute atomic E-state index is 0.000556. The smallest absolute Gasteiger partial charge is 0.269 e. The van der Waals surface area contributed by atoms with Crippen LogP contribution in [0, 0.1) is 5.92 Å². The molecule has 0 aliphatic rings. The zero-order valence-corrected chi connectivity index (χ0v) is 25.5. The SMILES string of the molecule is CC(C)COc1ccc(Br)cc1C(=O)NC(=S)NNC(=O)c1ccc(NC(=O)c2ccc(C(C)(C)C)cc2)cc1. The van der Waals surface area contributed by atoms with Crippen LogP contribution in [-0.2, 0) is 5.41 Å². The highest BCUT2D eigenvalue weighted by molar-refractivity contribution is 9.10. The molecule has 0 unspecified atom stereocenters. The number of thiocarbonyl (C=S) groups is 1. The quantitative estimate of drug-likeness (QED) is 0.190. The van der Waals surface area contributed by atoms with Gasteiger partial charge < -0.3 is 10.1 Å². The van der Waals surface area contributed by atoms with Crippen LogP contribution in [0.15, 0.2) is 71.2 Å². The lowest BCUT2D eigenvalue weighted by atomic mass is 9.87. The van der Waals surface area contributed by atoms with Crippen LogP contribution in [0.3, 0.4) is 0 Å². The van der Waals surface area contributed by atoms with Gasteiger partial charge in [-0.05, 0) is 83.7 Å². The molecule has 8 nitrogen and oxygen atoms in total. The summed E-state index contributed by atoms with van der Waals surface area (Å²) in [5.41, 5.74) is 7.82. The number of benzene rings is 3. The summed E-state index contributed by atoms with van der Waals surface area (Å²) in [5.74, 6) is -0.497.